The second kappa shape index (κ2) is 6.68. The molecule has 0 amide bonds. The number of thiophene rings is 1. The summed E-state index contributed by atoms with van der Waals surface area (Å²) in [5, 5.41) is 5.80. The van der Waals surface area contributed by atoms with Crippen molar-refractivity contribution in [1.29, 1.82) is 0 Å². The smallest absolute Gasteiger partial charge is 0.110 e. The van der Waals surface area contributed by atoms with Crippen molar-refractivity contribution in [3.05, 3.63) is 38.1 Å². The molecule has 2 rings (SSSR count). The number of nitrogens with zero attached hydrogens (tertiary/aromatic N) is 2. The fourth-order valence-corrected chi connectivity index (χ4v) is 3.49. The molecule has 2 aromatic rings. The summed E-state index contributed by atoms with van der Waals surface area (Å²) in [6.07, 6.45) is 4.89. The Labute approximate surface area is 126 Å². The van der Waals surface area contributed by atoms with Crippen molar-refractivity contribution in [3.8, 4) is 0 Å². The Morgan fingerprint density at radius 3 is 2.94 bits per heavy atom. The minimum atomic E-state index is 0.363. The first-order valence-electron chi connectivity index (χ1n) is 6.21. The Bertz CT molecular complexity index is 492. The van der Waals surface area contributed by atoms with Gasteiger partial charge in [0.2, 0.25) is 0 Å². The molecule has 0 aliphatic carbocycles. The number of hydrogen-bond acceptors (Lipinski definition) is 3. The third-order valence-electron chi connectivity index (χ3n) is 2.97. The van der Waals surface area contributed by atoms with Crippen LogP contribution in [0.2, 0.25) is 0 Å². The molecule has 0 aliphatic heterocycles. The van der Waals surface area contributed by atoms with Crippen LogP contribution in [0.25, 0.3) is 0 Å². The van der Waals surface area contributed by atoms with Crippen LogP contribution in [0.4, 0.5) is 0 Å². The van der Waals surface area contributed by atoms with E-state index < -0.39 is 0 Å². The van der Waals surface area contributed by atoms with Gasteiger partial charge in [0.1, 0.15) is 5.82 Å². The zero-order valence-corrected chi connectivity index (χ0v) is 13.7. The number of rotatable bonds is 6. The normalized spacial score (nSPS) is 12.8. The van der Waals surface area contributed by atoms with E-state index in [4.69, 9.17) is 0 Å². The molecule has 2 aromatic heterocycles. The van der Waals surface area contributed by atoms with E-state index in [0.717, 1.165) is 25.3 Å². The average molecular weight is 375 g/mol. The number of hydrogen-bond donors (Lipinski definition) is 1. The molecule has 1 N–H and O–H groups in total. The Morgan fingerprint density at radius 2 is 2.33 bits per heavy atom. The maximum Gasteiger partial charge on any atom is 0.110 e. The lowest BCUT2D eigenvalue weighted by Crippen LogP contribution is -2.23. The van der Waals surface area contributed by atoms with Gasteiger partial charge in [-0.15, -0.1) is 11.3 Å². The zero-order chi connectivity index (χ0) is 13.0. The van der Waals surface area contributed by atoms with Crippen LogP contribution in [-0.2, 0) is 13.0 Å². The van der Waals surface area contributed by atoms with Crippen LogP contribution in [0.1, 0.15) is 31.3 Å². The molecule has 0 spiro atoms. The third kappa shape index (κ3) is 3.33. The molecule has 0 radical (unpaired) electrons. The largest absolute Gasteiger partial charge is 0.335 e. The van der Waals surface area contributed by atoms with E-state index in [1.807, 2.05) is 6.20 Å². The summed E-state index contributed by atoms with van der Waals surface area (Å²) in [7, 11) is 0. The van der Waals surface area contributed by atoms with E-state index in [-0.39, 0.29) is 0 Å². The van der Waals surface area contributed by atoms with Gasteiger partial charge < -0.3 is 9.88 Å². The van der Waals surface area contributed by atoms with Crippen molar-refractivity contribution in [2.45, 2.75) is 32.9 Å². The van der Waals surface area contributed by atoms with Crippen LogP contribution in [0, 0.1) is 2.88 Å². The fourth-order valence-electron chi connectivity index (χ4n) is 2.06. The van der Waals surface area contributed by atoms with Gasteiger partial charge in [-0.3, -0.25) is 0 Å². The number of nitrogens with one attached hydrogen (secondary N) is 1. The molecule has 0 saturated heterocycles. The van der Waals surface area contributed by atoms with Crippen molar-refractivity contribution < 1.29 is 0 Å². The van der Waals surface area contributed by atoms with E-state index >= 15 is 0 Å². The predicted octanol–water partition coefficient (Wildman–Crippen LogP) is 3.46. The SMILES string of the molecule is CCNC(Cc1nccn1CC)c1csc(I)c1. The van der Waals surface area contributed by atoms with Crippen molar-refractivity contribution in [3.63, 3.8) is 0 Å². The number of likely N-dealkylation sites (N-methyl/N-ethyl adjacent to an activating group) is 1. The minimum Gasteiger partial charge on any atom is -0.335 e. The molecular weight excluding hydrogens is 357 g/mol. The van der Waals surface area contributed by atoms with E-state index in [0.29, 0.717) is 6.04 Å². The first-order valence-corrected chi connectivity index (χ1v) is 8.17. The molecule has 0 bridgehead atoms. The van der Waals surface area contributed by atoms with Crippen molar-refractivity contribution in [1.82, 2.24) is 14.9 Å². The van der Waals surface area contributed by atoms with Gasteiger partial charge in [-0.1, -0.05) is 6.92 Å². The Kier molecular flexibility index (Phi) is 5.20. The standard InChI is InChI=1S/C13H18IN3S/c1-3-15-11(10-7-12(14)18-9-10)8-13-16-5-6-17(13)4-2/h5-7,9,11,15H,3-4,8H2,1-2H3. The van der Waals surface area contributed by atoms with Gasteiger partial charge in [-0.05, 0) is 53.1 Å². The second-order valence-corrected chi connectivity index (χ2v) is 6.93. The number of aromatic nitrogens is 2. The van der Waals surface area contributed by atoms with Crippen LogP contribution in [0.5, 0.6) is 0 Å². The minimum absolute atomic E-state index is 0.363. The van der Waals surface area contributed by atoms with Crippen LogP contribution in [0.15, 0.2) is 23.8 Å². The Balaban J connectivity index is 2.16. The van der Waals surface area contributed by atoms with Crippen molar-refractivity contribution in [2.24, 2.45) is 0 Å². The summed E-state index contributed by atoms with van der Waals surface area (Å²) in [6, 6.07) is 2.63. The van der Waals surface area contributed by atoms with E-state index in [1.165, 1.54) is 8.45 Å². The fraction of sp³-hybridized carbons (Fsp3) is 0.462. The molecule has 2 heterocycles. The molecule has 5 heteroatoms. The molecular formula is C13H18IN3S. The average Bonchev–Trinajstić information content (AvgIpc) is 2.97. The maximum atomic E-state index is 4.47. The summed E-state index contributed by atoms with van der Waals surface area (Å²) in [6.45, 7) is 6.26. The van der Waals surface area contributed by atoms with Gasteiger partial charge in [-0.2, -0.15) is 0 Å². The van der Waals surface area contributed by atoms with E-state index in [1.54, 1.807) is 11.3 Å². The lowest BCUT2D eigenvalue weighted by atomic mass is 10.1. The van der Waals surface area contributed by atoms with Gasteiger partial charge in [-0.25, -0.2) is 4.98 Å². The molecule has 0 saturated carbocycles. The summed E-state index contributed by atoms with van der Waals surface area (Å²) >= 11 is 4.18. The molecule has 98 valence electrons. The van der Waals surface area contributed by atoms with Gasteiger partial charge in [0.25, 0.3) is 0 Å². The Hall–Kier alpha value is -0.400. The highest BCUT2D eigenvalue weighted by atomic mass is 127. The molecule has 1 unspecified atom stereocenters. The summed E-state index contributed by atoms with van der Waals surface area (Å²) in [4.78, 5) is 4.47. The lowest BCUT2D eigenvalue weighted by Gasteiger charge is -2.17. The number of aryl methyl sites for hydroxylation is 1. The van der Waals surface area contributed by atoms with Crippen LogP contribution in [0.3, 0.4) is 0 Å². The third-order valence-corrected chi connectivity index (χ3v) is 4.78. The summed E-state index contributed by atoms with van der Waals surface area (Å²) < 4.78 is 3.55. The Morgan fingerprint density at radius 1 is 1.50 bits per heavy atom. The predicted molar refractivity (Wildman–Crippen MR) is 85.1 cm³/mol. The molecule has 0 fully saturated rings. The quantitative estimate of drug-likeness (QED) is 0.784. The van der Waals surface area contributed by atoms with Crippen LogP contribution < -0.4 is 5.32 Å². The summed E-state index contributed by atoms with van der Waals surface area (Å²) in [5.41, 5.74) is 1.37. The highest BCUT2D eigenvalue weighted by Crippen LogP contribution is 2.24. The summed E-state index contributed by atoms with van der Waals surface area (Å²) in [5.74, 6) is 1.16. The van der Waals surface area contributed by atoms with Gasteiger partial charge >= 0.3 is 0 Å². The first kappa shape index (κ1) is 14.0. The molecule has 18 heavy (non-hydrogen) atoms. The zero-order valence-electron chi connectivity index (χ0n) is 10.7. The number of imidazole rings is 1. The van der Waals surface area contributed by atoms with Crippen molar-refractivity contribution >= 4 is 33.9 Å². The maximum absolute atomic E-state index is 4.47. The van der Waals surface area contributed by atoms with Crippen LogP contribution in [-0.4, -0.2) is 16.1 Å². The lowest BCUT2D eigenvalue weighted by molar-refractivity contribution is 0.523. The van der Waals surface area contributed by atoms with E-state index in [9.17, 15) is 0 Å². The molecule has 0 aromatic carbocycles. The molecule has 1 atom stereocenters. The topological polar surface area (TPSA) is 29.9 Å². The van der Waals surface area contributed by atoms with Gasteiger partial charge in [0.05, 0.1) is 2.88 Å². The van der Waals surface area contributed by atoms with Gasteiger partial charge in [0.15, 0.2) is 0 Å². The monoisotopic (exact) mass is 375 g/mol. The van der Waals surface area contributed by atoms with E-state index in [2.05, 4.69) is 68.9 Å². The highest BCUT2D eigenvalue weighted by molar-refractivity contribution is 14.1. The first-order chi connectivity index (χ1) is 8.74. The van der Waals surface area contributed by atoms with Crippen molar-refractivity contribution in [2.75, 3.05) is 6.54 Å². The second-order valence-electron chi connectivity index (χ2n) is 4.13. The molecule has 3 nitrogen and oxygen atoms in total. The van der Waals surface area contributed by atoms with Crippen LogP contribution >= 0.6 is 33.9 Å². The number of halogens is 1. The highest BCUT2D eigenvalue weighted by Gasteiger charge is 2.15. The molecule has 0 aliphatic rings. The van der Waals surface area contributed by atoms with Gasteiger partial charge in [0, 0.05) is 31.4 Å².